The lowest BCUT2D eigenvalue weighted by Crippen LogP contribution is -2.12. The first-order valence-corrected chi connectivity index (χ1v) is 6.38. The molecular weight excluding hydrogens is 258 g/mol. The first-order chi connectivity index (χ1) is 9.54. The number of carbonyl (C=O) groups excluding carboxylic acids is 1. The quantitative estimate of drug-likeness (QED) is 0.860. The van der Waals surface area contributed by atoms with Gasteiger partial charge in [-0.1, -0.05) is 19.0 Å². The lowest BCUT2D eigenvalue weighted by Gasteiger charge is -2.03. The zero-order valence-corrected chi connectivity index (χ0v) is 11.5. The summed E-state index contributed by atoms with van der Waals surface area (Å²) in [5, 5.41) is 6.57. The molecule has 0 fully saturated rings. The van der Waals surface area contributed by atoms with Gasteiger partial charge in [-0.25, -0.2) is 4.98 Å². The monoisotopic (exact) mass is 275 g/mol. The van der Waals surface area contributed by atoms with Crippen LogP contribution >= 0.6 is 0 Å². The van der Waals surface area contributed by atoms with E-state index in [0.29, 0.717) is 29.6 Å². The van der Waals surface area contributed by atoms with Gasteiger partial charge in [0.15, 0.2) is 5.82 Å². The third-order valence-electron chi connectivity index (χ3n) is 2.64. The molecule has 0 atom stereocenters. The Labute approximate surface area is 116 Å². The highest BCUT2D eigenvalue weighted by Crippen LogP contribution is 2.11. The molecule has 7 heteroatoms. The number of rotatable bonds is 5. The average molecular weight is 275 g/mol. The number of hydrogen-bond donors (Lipinski definition) is 2. The lowest BCUT2D eigenvalue weighted by molar-refractivity contribution is -0.116. The van der Waals surface area contributed by atoms with Gasteiger partial charge in [0.05, 0.1) is 11.9 Å². The van der Waals surface area contributed by atoms with Gasteiger partial charge in [-0.2, -0.15) is 4.98 Å². The van der Waals surface area contributed by atoms with Crippen LogP contribution in [0.1, 0.15) is 37.9 Å². The zero-order chi connectivity index (χ0) is 14.5. The zero-order valence-electron chi connectivity index (χ0n) is 11.5. The van der Waals surface area contributed by atoms with Gasteiger partial charge in [-0.15, -0.1) is 0 Å². The molecule has 3 N–H and O–H groups in total. The summed E-state index contributed by atoms with van der Waals surface area (Å²) in [6, 6.07) is 3.33. The van der Waals surface area contributed by atoms with Gasteiger partial charge in [0.1, 0.15) is 5.82 Å². The number of hydrogen-bond acceptors (Lipinski definition) is 6. The molecule has 1 amide bonds. The molecule has 2 rings (SSSR count). The van der Waals surface area contributed by atoms with E-state index in [2.05, 4.69) is 20.4 Å². The molecule has 0 aliphatic rings. The number of nitrogens with one attached hydrogen (secondary N) is 1. The third kappa shape index (κ3) is 3.78. The molecule has 0 spiro atoms. The van der Waals surface area contributed by atoms with Crippen LogP contribution in [0.5, 0.6) is 0 Å². The van der Waals surface area contributed by atoms with Crippen LogP contribution in [-0.2, 0) is 11.2 Å². The minimum atomic E-state index is -0.138. The van der Waals surface area contributed by atoms with Crippen molar-refractivity contribution in [2.75, 3.05) is 11.1 Å². The predicted octanol–water partition coefficient (Wildman–Crippen LogP) is 1.74. The number of aryl methyl sites for hydroxylation is 1. The number of carbonyl (C=O) groups is 1. The minimum Gasteiger partial charge on any atom is -0.384 e. The van der Waals surface area contributed by atoms with Gasteiger partial charge in [0.2, 0.25) is 11.8 Å². The molecular formula is C13H17N5O2. The van der Waals surface area contributed by atoms with Crippen LogP contribution in [0.15, 0.2) is 22.9 Å². The van der Waals surface area contributed by atoms with Crippen LogP contribution in [0.2, 0.25) is 0 Å². The molecule has 2 aromatic heterocycles. The maximum Gasteiger partial charge on any atom is 0.227 e. The molecule has 0 saturated heterocycles. The van der Waals surface area contributed by atoms with Crippen molar-refractivity contribution < 1.29 is 9.32 Å². The van der Waals surface area contributed by atoms with Gasteiger partial charge in [-0.3, -0.25) is 4.79 Å². The Hall–Kier alpha value is -2.44. The third-order valence-corrected chi connectivity index (χ3v) is 2.64. The highest BCUT2D eigenvalue weighted by atomic mass is 16.5. The summed E-state index contributed by atoms with van der Waals surface area (Å²) in [6.45, 7) is 3.96. The topological polar surface area (TPSA) is 107 Å². The standard InChI is InChI=1S/C13H17N5O2/c1-8(2)13-17-12(20-18-13)6-5-11(19)16-9-3-4-10(14)15-7-9/h3-4,7-8H,5-6H2,1-2H3,(H2,14,15)(H,16,19). The fraction of sp³-hybridized carbons (Fsp3) is 0.385. The van der Waals surface area contributed by atoms with Crippen molar-refractivity contribution >= 4 is 17.4 Å². The summed E-state index contributed by atoms with van der Waals surface area (Å²) >= 11 is 0. The molecule has 2 aromatic rings. The van der Waals surface area contributed by atoms with E-state index in [1.807, 2.05) is 13.8 Å². The Morgan fingerprint density at radius 1 is 1.45 bits per heavy atom. The van der Waals surface area contributed by atoms with Crippen molar-refractivity contribution in [2.24, 2.45) is 0 Å². The number of nitrogens with two attached hydrogens (primary N) is 1. The van der Waals surface area contributed by atoms with Gasteiger partial charge in [-0.05, 0) is 12.1 Å². The van der Waals surface area contributed by atoms with Crippen LogP contribution < -0.4 is 11.1 Å². The summed E-state index contributed by atoms with van der Waals surface area (Å²) in [5.74, 6) is 1.61. The normalized spacial score (nSPS) is 10.8. The van der Waals surface area contributed by atoms with Crippen LogP contribution in [-0.4, -0.2) is 21.0 Å². The smallest absolute Gasteiger partial charge is 0.227 e. The minimum absolute atomic E-state index is 0.138. The Balaban J connectivity index is 1.84. The summed E-state index contributed by atoms with van der Waals surface area (Å²) < 4.78 is 5.07. The number of amides is 1. The SMILES string of the molecule is CC(C)c1noc(CCC(=O)Nc2ccc(N)nc2)n1. The molecule has 2 heterocycles. The maximum atomic E-state index is 11.8. The van der Waals surface area contributed by atoms with Crippen molar-refractivity contribution in [3.63, 3.8) is 0 Å². The van der Waals surface area contributed by atoms with Crippen LogP contribution in [0.4, 0.5) is 11.5 Å². The molecule has 0 aromatic carbocycles. The van der Waals surface area contributed by atoms with Crippen LogP contribution in [0.3, 0.4) is 0 Å². The molecule has 106 valence electrons. The highest BCUT2D eigenvalue weighted by molar-refractivity contribution is 5.90. The molecule has 0 bridgehead atoms. The van der Waals surface area contributed by atoms with E-state index in [-0.39, 0.29) is 18.2 Å². The fourth-order valence-corrected chi connectivity index (χ4v) is 1.53. The predicted molar refractivity (Wildman–Crippen MR) is 74.0 cm³/mol. The molecule has 0 radical (unpaired) electrons. The summed E-state index contributed by atoms with van der Waals surface area (Å²) in [5.41, 5.74) is 6.08. The van der Waals surface area contributed by atoms with Crippen molar-refractivity contribution in [3.8, 4) is 0 Å². The van der Waals surface area contributed by atoms with Crippen LogP contribution in [0.25, 0.3) is 0 Å². The second-order valence-corrected chi connectivity index (χ2v) is 4.72. The highest BCUT2D eigenvalue weighted by Gasteiger charge is 2.11. The second-order valence-electron chi connectivity index (χ2n) is 4.72. The van der Waals surface area contributed by atoms with E-state index in [1.54, 1.807) is 12.1 Å². The Morgan fingerprint density at radius 3 is 2.85 bits per heavy atom. The van der Waals surface area contributed by atoms with E-state index >= 15 is 0 Å². The molecule has 0 aliphatic heterocycles. The van der Waals surface area contributed by atoms with E-state index in [1.165, 1.54) is 6.20 Å². The molecule has 0 unspecified atom stereocenters. The molecule has 0 aliphatic carbocycles. The van der Waals surface area contributed by atoms with Gasteiger partial charge >= 0.3 is 0 Å². The van der Waals surface area contributed by atoms with Gasteiger partial charge in [0.25, 0.3) is 0 Å². The Morgan fingerprint density at radius 2 is 2.25 bits per heavy atom. The molecule has 0 saturated carbocycles. The molecule has 7 nitrogen and oxygen atoms in total. The van der Waals surface area contributed by atoms with E-state index in [4.69, 9.17) is 10.3 Å². The van der Waals surface area contributed by atoms with E-state index in [9.17, 15) is 4.79 Å². The summed E-state index contributed by atoms with van der Waals surface area (Å²) in [7, 11) is 0. The van der Waals surface area contributed by atoms with E-state index in [0.717, 1.165) is 0 Å². The van der Waals surface area contributed by atoms with Crippen molar-refractivity contribution in [3.05, 3.63) is 30.0 Å². The van der Waals surface area contributed by atoms with Crippen molar-refractivity contribution in [1.29, 1.82) is 0 Å². The Bertz CT molecular complexity index is 577. The number of nitrogens with zero attached hydrogens (tertiary/aromatic N) is 3. The van der Waals surface area contributed by atoms with Crippen molar-refractivity contribution in [1.82, 2.24) is 15.1 Å². The summed E-state index contributed by atoms with van der Waals surface area (Å²) in [4.78, 5) is 19.9. The van der Waals surface area contributed by atoms with Gasteiger partial charge in [0, 0.05) is 18.8 Å². The van der Waals surface area contributed by atoms with Crippen LogP contribution in [0, 0.1) is 0 Å². The number of nitrogen functional groups attached to an aromatic ring is 1. The molecule has 20 heavy (non-hydrogen) atoms. The first kappa shape index (κ1) is 14.0. The largest absolute Gasteiger partial charge is 0.384 e. The van der Waals surface area contributed by atoms with Crippen molar-refractivity contribution in [2.45, 2.75) is 32.6 Å². The number of anilines is 2. The second kappa shape index (κ2) is 6.14. The lowest BCUT2D eigenvalue weighted by atomic mass is 10.2. The number of aromatic nitrogens is 3. The Kier molecular flexibility index (Phi) is 4.29. The summed E-state index contributed by atoms with van der Waals surface area (Å²) in [6.07, 6.45) is 2.19. The number of pyridine rings is 1. The fourth-order valence-electron chi connectivity index (χ4n) is 1.53. The maximum absolute atomic E-state index is 11.8. The van der Waals surface area contributed by atoms with E-state index < -0.39 is 0 Å². The van der Waals surface area contributed by atoms with Gasteiger partial charge < -0.3 is 15.6 Å². The average Bonchev–Trinajstić information content (AvgIpc) is 2.88. The first-order valence-electron chi connectivity index (χ1n) is 6.38.